The maximum absolute atomic E-state index is 8.81. The SMILES string of the molecule is Cl.NC(CCO)c1ccc(-c2ccco2)cc1. The zero-order valence-electron chi connectivity index (χ0n) is 9.37. The maximum Gasteiger partial charge on any atom is 0.133 e. The molecule has 0 saturated heterocycles. The second-order valence-corrected chi connectivity index (χ2v) is 3.72. The smallest absolute Gasteiger partial charge is 0.133 e. The molecule has 0 fully saturated rings. The molecule has 92 valence electrons. The molecule has 3 nitrogen and oxygen atoms in total. The first kappa shape index (κ1) is 13.8. The molecule has 2 rings (SSSR count). The normalized spacial score (nSPS) is 11.9. The Morgan fingerprint density at radius 3 is 2.41 bits per heavy atom. The van der Waals surface area contributed by atoms with E-state index in [1.807, 2.05) is 36.4 Å². The zero-order valence-corrected chi connectivity index (χ0v) is 10.2. The summed E-state index contributed by atoms with van der Waals surface area (Å²) in [5, 5.41) is 8.81. The Kier molecular flexibility index (Phi) is 5.22. The van der Waals surface area contributed by atoms with Crippen LogP contribution in [0.25, 0.3) is 11.3 Å². The number of benzene rings is 1. The van der Waals surface area contributed by atoms with Gasteiger partial charge in [0.15, 0.2) is 0 Å². The zero-order chi connectivity index (χ0) is 11.4. The van der Waals surface area contributed by atoms with Crippen LogP contribution in [0.4, 0.5) is 0 Å². The molecule has 0 saturated carbocycles. The molecule has 1 atom stereocenters. The summed E-state index contributed by atoms with van der Waals surface area (Å²) in [6.07, 6.45) is 2.24. The molecule has 1 aromatic carbocycles. The number of halogens is 1. The van der Waals surface area contributed by atoms with Gasteiger partial charge in [0.2, 0.25) is 0 Å². The Balaban J connectivity index is 0.00000144. The Morgan fingerprint density at radius 2 is 1.88 bits per heavy atom. The minimum Gasteiger partial charge on any atom is -0.464 e. The van der Waals surface area contributed by atoms with Crippen LogP contribution in [0.2, 0.25) is 0 Å². The molecule has 0 aliphatic rings. The van der Waals surface area contributed by atoms with E-state index in [0.29, 0.717) is 6.42 Å². The topological polar surface area (TPSA) is 59.4 Å². The molecule has 3 N–H and O–H groups in total. The molecule has 0 spiro atoms. The average Bonchev–Trinajstić information content (AvgIpc) is 2.83. The lowest BCUT2D eigenvalue weighted by Gasteiger charge is -2.10. The highest BCUT2D eigenvalue weighted by atomic mass is 35.5. The molecule has 0 radical (unpaired) electrons. The summed E-state index contributed by atoms with van der Waals surface area (Å²) in [5.41, 5.74) is 7.96. The second-order valence-electron chi connectivity index (χ2n) is 3.72. The van der Waals surface area contributed by atoms with Crippen LogP contribution in [0.1, 0.15) is 18.0 Å². The predicted octanol–water partition coefficient (Wildman–Crippen LogP) is 2.75. The van der Waals surface area contributed by atoms with Crippen molar-refractivity contribution >= 4 is 12.4 Å². The first-order chi connectivity index (χ1) is 7.81. The minimum absolute atomic E-state index is 0. The fourth-order valence-corrected chi connectivity index (χ4v) is 1.64. The first-order valence-corrected chi connectivity index (χ1v) is 5.31. The van der Waals surface area contributed by atoms with E-state index in [2.05, 4.69) is 0 Å². The summed E-state index contributed by atoms with van der Waals surface area (Å²) in [6, 6.07) is 11.6. The lowest BCUT2D eigenvalue weighted by atomic mass is 10.0. The molecule has 1 heterocycles. The van der Waals surface area contributed by atoms with Crippen LogP contribution in [0, 0.1) is 0 Å². The van der Waals surface area contributed by atoms with Gasteiger partial charge in [-0.05, 0) is 24.1 Å². The highest BCUT2D eigenvalue weighted by molar-refractivity contribution is 5.85. The van der Waals surface area contributed by atoms with Crippen molar-refractivity contribution < 1.29 is 9.52 Å². The minimum atomic E-state index is -0.101. The number of furan rings is 1. The number of hydrogen-bond donors (Lipinski definition) is 2. The molecule has 2 aromatic rings. The van der Waals surface area contributed by atoms with Gasteiger partial charge in [-0.3, -0.25) is 0 Å². The van der Waals surface area contributed by atoms with E-state index in [1.165, 1.54) is 0 Å². The fourth-order valence-electron chi connectivity index (χ4n) is 1.64. The lowest BCUT2D eigenvalue weighted by Crippen LogP contribution is -2.11. The monoisotopic (exact) mass is 253 g/mol. The Bertz CT molecular complexity index is 425. The van der Waals surface area contributed by atoms with Crippen LogP contribution in [-0.4, -0.2) is 11.7 Å². The van der Waals surface area contributed by atoms with Crippen LogP contribution >= 0.6 is 12.4 Å². The van der Waals surface area contributed by atoms with Crippen molar-refractivity contribution in [3.05, 3.63) is 48.2 Å². The number of aliphatic hydroxyl groups is 1. The first-order valence-electron chi connectivity index (χ1n) is 5.31. The Hall–Kier alpha value is -1.29. The van der Waals surface area contributed by atoms with Crippen LogP contribution in [-0.2, 0) is 0 Å². The van der Waals surface area contributed by atoms with Gasteiger partial charge in [-0.15, -0.1) is 12.4 Å². The third kappa shape index (κ3) is 3.33. The standard InChI is InChI=1S/C13H15NO2.ClH/c14-12(7-8-15)10-3-5-11(6-4-10)13-2-1-9-16-13;/h1-6,9,12,15H,7-8,14H2;1H. The molecule has 0 amide bonds. The molecular formula is C13H16ClNO2. The molecule has 17 heavy (non-hydrogen) atoms. The van der Waals surface area contributed by atoms with Gasteiger partial charge in [-0.2, -0.15) is 0 Å². The van der Waals surface area contributed by atoms with Gasteiger partial charge >= 0.3 is 0 Å². The average molecular weight is 254 g/mol. The highest BCUT2D eigenvalue weighted by Crippen LogP contribution is 2.22. The third-order valence-corrected chi connectivity index (χ3v) is 2.58. The Labute approximate surface area is 107 Å². The van der Waals surface area contributed by atoms with E-state index in [-0.39, 0.29) is 25.1 Å². The van der Waals surface area contributed by atoms with Crippen molar-refractivity contribution in [2.45, 2.75) is 12.5 Å². The molecule has 1 unspecified atom stereocenters. The number of nitrogens with two attached hydrogens (primary N) is 1. The van der Waals surface area contributed by atoms with Gasteiger partial charge in [0, 0.05) is 18.2 Å². The van der Waals surface area contributed by atoms with E-state index in [4.69, 9.17) is 15.3 Å². The van der Waals surface area contributed by atoms with Crippen molar-refractivity contribution in [3.8, 4) is 11.3 Å². The molecular weight excluding hydrogens is 238 g/mol. The van der Waals surface area contributed by atoms with Crippen LogP contribution in [0.15, 0.2) is 47.1 Å². The maximum atomic E-state index is 8.81. The van der Waals surface area contributed by atoms with Crippen molar-refractivity contribution in [3.63, 3.8) is 0 Å². The summed E-state index contributed by atoms with van der Waals surface area (Å²) in [7, 11) is 0. The molecule has 0 aliphatic carbocycles. The van der Waals surface area contributed by atoms with E-state index in [9.17, 15) is 0 Å². The highest BCUT2D eigenvalue weighted by Gasteiger charge is 2.06. The molecule has 0 aliphatic heterocycles. The lowest BCUT2D eigenvalue weighted by molar-refractivity contribution is 0.276. The number of rotatable bonds is 4. The van der Waals surface area contributed by atoms with Crippen molar-refractivity contribution in [2.75, 3.05) is 6.61 Å². The largest absolute Gasteiger partial charge is 0.464 e. The van der Waals surface area contributed by atoms with E-state index in [0.717, 1.165) is 16.9 Å². The van der Waals surface area contributed by atoms with Crippen molar-refractivity contribution in [1.82, 2.24) is 0 Å². The molecule has 4 heteroatoms. The van der Waals surface area contributed by atoms with Gasteiger partial charge in [-0.1, -0.05) is 24.3 Å². The van der Waals surface area contributed by atoms with Crippen LogP contribution in [0.5, 0.6) is 0 Å². The van der Waals surface area contributed by atoms with Crippen molar-refractivity contribution in [2.24, 2.45) is 5.73 Å². The van der Waals surface area contributed by atoms with E-state index in [1.54, 1.807) is 6.26 Å². The van der Waals surface area contributed by atoms with Gasteiger partial charge < -0.3 is 15.3 Å². The molecule has 0 bridgehead atoms. The van der Waals surface area contributed by atoms with Crippen LogP contribution in [0.3, 0.4) is 0 Å². The van der Waals surface area contributed by atoms with Crippen molar-refractivity contribution in [1.29, 1.82) is 0 Å². The van der Waals surface area contributed by atoms with Gasteiger partial charge in [-0.25, -0.2) is 0 Å². The number of aliphatic hydroxyl groups excluding tert-OH is 1. The summed E-state index contributed by atoms with van der Waals surface area (Å²) in [4.78, 5) is 0. The predicted molar refractivity (Wildman–Crippen MR) is 70.0 cm³/mol. The van der Waals surface area contributed by atoms with Gasteiger partial charge in [0.1, 0.15) is 5.76 Å². The van der Waals surface area contributed by atoms with Gasteiger partial charge in [0.25, 0.3) is 0 Å². The van der Waals surface area contributed by atoms with E-state index >= 15 is 0 Å². The summed E-state index contributed by atoms with van der Waals surface area (Å²) in [6.45, 7) is 0.112. The summed E-state index contributed by atoms with van der Waals surface area (Å²) < 4.78 is 5.30. The summed E-state index contributed by atoms with van der Waals surface area (Å²) in [5.74, 6) is 0.849. The van der Waals surface area contributed by atoms with E-state index < -0.39 is 0 Å². The van der Waals surface area contributed by atoms with Gasteiger partial charge in [0.05, 0.1) is 6.26 Å². The fraction of sp³-hybridized carbons (Fsp3) is 0.231. The molecule has 1 aromatic heterocycles. The third-order valence-electron chi connectivity index (χ3n) is 2.58. The second kappa shape index (κ2) is 6.45. The number of hydrogen-bond acceptors (Lipinski definition) is 3. The quantitative estimate of drug-likeness (QED) is 0.881. The summed E-state index contributed by atoms with van der Waals surface area (Å²) >= 11 is 0. The Morgan fingerprint density at radius 1 is 1.18 bits per heavy atom. The van der Waals surface area contributed by atoms with Crippen LogP contribution < -0.4 is 5.73 Å².